The van der Waals surface area contributed by atoms with Crippen molar-refractivity contribution in [3.63, 3.8) is 0 Å². The van der Waals surface area contributed by atoms with Gasteiger partial charge in [-0.2, -0.15) is 0 Å². The summed E-state index contributed by atoms with van der Waals surface area (Å²) in [5, 5.41) is 23.2. The molecular formula is C13H22N2O5. The molecule has 0 bridgehead atoms. The van der Waals surface area contributed by atoms with E-state index in [0.717, 1.165) is 25.8 Å². The van der Waals surface area contributed by atoms with E-state index in [0.29, 0.717) is 12.5 Å². The maximum Gasteiger partial charge on any atom is 0.326 e. The summed E-state index contributed by atoms with van der Waals surface area (Å²) in [6, 6.07) is -0.810. The molecular weight excluding hydrogens is 264 g/mol. The summed E-state index contributed by atoms with van der Waals surface area (Å²) in [6.07, 6.45) is 3.90. The third-order valence-corrected chi connectivity index (χ3v) is 3.41. The number of nitrogens with one attached hydrogen (secondary N) is 2. The van der Waals surface area contributed by atoms with Crippen molar-refractivity contribution < 1.29 is 24.6 Å². The average Bonchev–Trinajstić information content (AvgIpc) is 2.41. The first kappa shape index (κ1) is 16.4. The summed E-state index contributed by atoms with van der Waals surface area (Å²) in [5.74, 6) is -2.61. The highest BCUT2D eigenvalue weighted by molar-refractivity contribution is 5.83. The van der Waals surface area contributed by atoms with Gasteiger partial charge in [-0.25, -0.2) is 4.79 Å². The van der Waals surface area contributed by atoms with Crippen LogP contribution in [0.1, 0.15) is 44.9 Å². The van der Waals surface area contributed by atoms with E-state index in [1.165, 1.54) is 0 Å². The third kappa shape index (κ3) is 6.51. The van der Waals surface area contributed by atoms with Gasteiger partial charge in [0.15, 0.2) is 0 Å². The lowest BCUT2D eigenvalue weighted by atomic mass is 10.0. The summed E-state index contributed by atoms with van der Waals surface area (Å²) in [5.41, 5.74) is 0. The van der Waals surface area contributed by atoms with E-state index in [2.05, 4.69) is 10.6 Å². The fraction of sp³-hybridized carbons (Fsp3) is 0.769. The molecule has 0 aliphatic carbocycles. The van der Waals surface area contributed by atoms with E-state index in [9.17, 15) is 14.4 Å². The molecule has 0 spiro atoms. The molecule has 2 atom stereocenters. The largest absolute Gasteiger partial charge is 0.481 e. The number of rotatable bonds is 8. The van der Waals surface area contributed by atoms with E-state index in [4.69, 9.17) is 10.2 Å². The number of carbonyl (C=O) groups is 3. The van der Waals surface area contributed by atoms with Crippen LogP contribution in [0.15, 0.2) is 0 Å². The molecule has 1 rings (SSSR count). The van der Waals surface area contributed by atoms with Gasteiger partial charge in [0.2, 0.25) is 5.91 Å². The normalized spacial score (nSPS) is 20.1. The van der Waals surface area contributed by atoms with Gasteiger partial charge in [0, 0.05) is 18.9 Å². The number of hydrogen-bond donors (Lipinski definition) is 4. The lowest BCUT2D eigenvalue weighted by molar-refractivity contribution is -0.143. The number of hydrogen-bond acceptors (Lipinski definition) is 4. The predicted octanol–water partition coefficient (Wildman–Crippen LogP) is 0.343. The fourth-order valence-electron chi connectivity index (χ4n) is 2.27. The second-order valence-electron chi connectivity index (χ2n) is 5.08. The SMILES string of the molecule is O=C(O)CCC(NC(=O)CCC1CCCCN1)C(=O)O. The van der Waals surface area contributed by atoms with Crippen molar-refractivity contribution in [3.05, 3.63) is 0 Å². The maximum atomic E-state index is 11.7. The zero-order valence-electron chi connectivity index (χ0n) is 11.4. The molecule has 20 heavy (non-hydrogen) atoms. The first-order valence-corrected chi connectivity index (χ1v) is 6.96. The maximum absolute atomic E-state index is 11.7. The Labute approximate surface area is 117 Å². The second kappa shape index (κ2) is 8.52. The molecule has 1 amide bonds. The minimum atomic E-state index is -1.20. The topological polar surface area (TPSA) is 116 Å². The molecule has 1 saturated heterocycles. The van der Waals surface area contributed by atoms with Crippen LogP contribution >= 0.6 is 0 Å². The van der Waals surface area contributed by atoms with Gasteiger partial charge >= 0.3 is 11.9 Å². The molecule has 0 aromatic carbocycles. The average molecular weight is 286 g/mol. The minimum absolute atomic E-state index is 0.0991. The van der Waals surface area contributed by atoms with Crippen molar-refractivity contribution in [1.82, 2.24) is 10.6 Å². The van der Waals surface area contributed by atoms with Crippen molar-refractivity contribution in [3.8, 4) is 0 Å². The van der Waals surface area contributed by atoms with Crippen LogP contribution in [0.2, 0.25) is 0 Å². The highest BCUT2D eigenvalue weighted by Crippen LogP contribution is 2.11. The van der Waals surface area contributed by atoms with Crippen LogP contribution in [0.3, 0.4) is 0 Å². The van der Waals surface area contributed by atoms with Gasteiger partial charge in [0.25, 0.3) is 0 Å². The van der Waals surface area contributed by atoms with Crippen molar-refractivity contribution in [2.24, 2.45) is 0 Å². The molecule has 114 valence electrons. The van der Waals surface area contributed by atoms with E-state index >= 15 is 0 Å². The van der Waals surface area contributed by atoms with Crippen LogP contribution in [0.4, 0.5) is 0 Å². The summed E-state index contributed by atoms with van der Waals surface area (Å²) >= 11 is 0. The molecule has 1 aliphatic rings. The first-order valence-electron chi connectivity index (χ1n) is 6.96. The minimum Gasteiger partial charge on any atom is -0.481 e. The third-order valence-electron chi connectivity index (χ3n) is 3.41. The highest BCUT2D eigenvalue weighted by Gasteiger charge is 2.21. The molecule has 1 fully saturated rings. The molecule has 4 N–H and O–H groups in total. The lowest BCUT2D eigenvalue weighted by Gasteiger charge is -2.23. The molecule has 0 saturated carbocycles. The Hall–Kier alpha value is -1.63. The molecule has 1 aliphatic heterocycles. The number of carboxylic acids is 2. The van der Waals surface area contributed by atoms with Crippen molar-refractivity contribution in [1.29, 1.82) is 0 Å². The number of carboxylic acid groups (broad SMARTS) is 2. The number of aliphatic carboxylic acids is 2. The van der Waals surface area contributed by atoms with Gasteiger partial charge in [-0.1, -0.05) is 6.42 Å². The Balaban J connectivity index is 2.29. The fourth-order valence-corrected chi connectivity index (χ4v) is 2.27. The highest BCUT2D eigenvalue weighted by atomic mass is 16.4. The zero-order chi connectivity index (χ0) is 15.0. The Morgan fingerprint density at radius 3 is 2.50 bits per heavy atom. The van der Waals surface area contributed by atoms with Gasteiger partial charge in [-0.15, -0.1) is 0 Å². The standard InChI is InChI=1S/C13H22N2O5/c16-11(6-4-9-3-1-2-8-14-9)15-10(13(19)20)5-7-12(17)18/h9-10,14H,1-8H2,(H,15,16)(H,17,18)(H,19,20). The lowest BCUT2D eigenvalue weighted by Crippen LogP contribution is -2.42. The van der Waals surface area contributed by atoms with E-state index in [1.54, 1.807) is 0 Å². The van der Waals surface area contributed by atoms with Crippen LogP contribution < -0.4 is 10.6 Å². The summed E-state index contributed by atoms with van der Waals surface area (Å²) in [7, 11) is 0. The Bertz CT molecular complexity index is 353. The molecule has 0 aromatic heterocycles. The van der Waals surface area contributed by atoms with Crippen LogP contribution in [0.25, 0.3) is 0 Å². The monoisotopic (exact) mass is 286 g/mol. The number of amides is 1. The van der Waals surface area contributed by atoms with Crippen LogP contribution in [0, 0.1) is 0 Å². The van der Waals surface area contributed by atoms with E-state index < -0.39 is 18.0 Å². The molecule has 0 radical (unpaired) electrons. The van der Waals surface area contributed by atoms with E-state index in [1.807, 2.05) is 0 Å². The molecule has 7 nitrogen and oxygen atoms in total. The Kier molecular flexibility index (Phi) is 7.00. The predicted molar refractivity (Wildman–Crippen MR) is 71.3 cm³/mol. The second-order valence-corrected chi connectivity index (χ2v) is 5.08. The molecule has 1 heterocycles. The van der Waals surface area contributed by atoms with Crippen molar-refractivity contribution >= 4 is 17.8 Å². The smallest absolute Gasteiger partial charge is 0.326 e. The van der Waals surface area contributed by atoms with Crippen LogP contribution in [0.5, 0.6) is 0 Å². The van der Waals surface area contributed by atoms with Crippen molar-refractivity contribution in [2.45, 2.75) is 57.0 Å². The van der Waals surface area contributed by atoms with Gasteiger partial charge in [-0.3, -0.25) is 9.59 Å². The molecule has 2 unspecified atom stereocenters. The summed E-state index contributed by atoms with van der Waals surface area (Å²) in [6.45, 7) is 0.961. The van der Waals surface area contributed by atoms with Crippen LogP contribution in [-0.4, -0.2) is 46.7 Å². The van der Waals surface area contributed by atoms with Gasteiger partial charge < -0.3 is 20.8 Å². The van der Waals surface area contributed by atoms with Crippen molar-refractivity contribution in [2.75, 3.05) is 6.54 Å². The number of carbonyl (C=O) groups excluding carboxylic acids is 1. The first-order chi connectivity index (χ1) is 9.49. The zero-order valence-corrected chi connectivity index (χ0v) is 11.4. The Morgan fingerprint density at radius 2 is 1.95 bits per heavy atom. The van der Waals surface area contributed by atoms with Gasteiger partial charge in [0.05, 0.1) is 0 Å². The summed E-state index contributed by atoms with van der Waals surface area (Å²) in [4.78, 5) is 33.1. The quantitative estimate of drug-likeness (QED) is 0.511. The number of piperidine rings is 1. The van der Waals surface area contributed by atoms with E-state index in [-0.39, 0.29) is 25.2 Å². The summed E-state index contributed by atoms with van der Waals surface area (Å²) < 4.78 is 0. The molecule has 0 aromatic rings. The van der Waals surface area contributed by atoms with Gasteiger partial charge in [-0.05, 0) is 32.2 Å². The van der Waals surface area contributed by atoms with Gasteiger partial charge in [0.1, 0.15) is 6.04 Å². The van der Waals surface area contributed by atoms with Crippen LogP contribution in [-0.2, 0) is 14.4 Å². The Morgan fingerprint density at radius 1 is 1.20 bits per heavy atom. The molecule has 7 heteroatoms.